The maximum absolute atomic E-state index is 12.7. The third kappa shape index (κ3) is 2.87. The first kappa shape index (κ1) is 15.4. The van der Waals surface area contributed by atoms with Gasteiger partial charge in [0.2, 0.25) is 11.8 Å². The number of aryl methyl sites for hydroxylation is 1. The first-order valence-electron chi connectivity index (χ1n) is 8.11. The number of hydrogen-bond donors (Lipinski definition) is 1. The summed E-state index contributed by atoms with van der Waals surface area (Å²) < 4.78 is 5.25. The maximum Gasteiger partial charge on any atom is 0.240 e. The van der Waals surface area contributed by atoms with Crippen molar-refractivity contribution in [3.63, 3.8) is 0 Å². The van der Waals surface area contributed by atoms with Crippen LogP contribution in [0.25, 0.3) is 0 Å². The molecule has 0 aromatic carbocycles. The number of carbonyl (C=O) groups is 1. The van der Waals surface area contributed by atoms with E-state index in [0.29, 0.717) is 19.0 Å². The van der Waals surface area contributed by atoms with Crippen LogP contribution in [0.4, 0.5) is 0 Å². The van der Waals surface area contributed by atoms with Gasteiger partial charge >= 0.3 is 0 Å². The molecule has 1 N–H and O–H groups in total. The van der Waals surface area contributed by atoms with Crippen molar-refractivity contribution >= 4 is 5.91 Å². The number of likely N-dealkylation sites (tertiary alicyclic amines) is 2. The number of aliphatic hydroxyl groups is 1. The monoisotopic (exact) mass is 308 g/mol. The van der Waals surface area contributed by atoms with Gasteiger partial charge in [0.25, 0.3) is 0 Å². The van der Waals surface area contributed by atoms with Crippen LogP contribution in [0.3, 0.4) is 0 Å². The number of rotatable bonds is 5. The molecule has 7 nitrogen and oxygen atoms in total. The second kappa shape index (κ2) is 6.34. The molecule has 0 bridgehead atoms. The highest BCUT2D eigenvalue weighted by Gasteiger charge is 2.48. The Balaban J connectivity index is 1.64. The lowest BCUT2D eigenvalue weighted by atomic mass is 9.78. The van der Waals surface area contributed by atoms with E-state index in [1.807, 2.05) is 11.8 Å². The fourth-order valence-corrected chi connectivity index (χ4v) is 3.65. The lowest BCUT2D eigenvalue weighted by Gasteiger charge is -2.39. The number of piperidine rings is 1. The summed E-state index contributed by atoms with van der Waals surface area (Å²) in [7, 11) is 0. The fourth-order valence-electron chi connectivity index (χ4n) is 3.65. The average Bonchev–Trinajstić information content (AvgIpc) is 3.13. The lowest BCUT2D eigenvalue weighted by molar-refractivity contribution is -0.146. The maximum atomic E-state index is 12.7. The van der Waals surface area contributed by atoms with Crippen molar-refractivity contribution in [2.75, 3.05) is 32.8 Å². The first-order chi connectivity index (χ1) is 10.7. The van der Waals surface area contributed by atoms with E-state index in [-0.39, 0.29) is 17.9 Å². The Hall–Kier alpha value is -1.47. The third-order valence-electron chi connectivity index (χ3n) is 4.81. The normalized spacial score (nSPS) is 26.3. The minimum Gasteiger partial charge on any atom is -0.395 e. The molecule has 1 amide bonds. The van der Waals surface area contributed by atoms with Crippen LogP contribution in [0.1, 0.15) is 37.9 Å². The molecule has 2 saturated heterocycles. The molecular weight excluding hydrogens is 284 g/mol. The highest BCUT2D eigenvalue weighted by atomic mass is 16.5. The first-order valence-corrected chi connectivity index (χ1v) is 8.11. The molecule has 0 radical (unpaired) electrons. The molecule has 1 atom stereocenters. The summed E-state index contributed by atoms with van der Waals surface area (Å²) >= 11 is 0. The van der Waals surface area contributed by atoms with Gasteiger partial charge in [0.15, 0.2) is 5.82 Å². The molecule has 3 rings (SSSR count). The molecule has 1 aromatic heterocycles. The Labute approximate surface area is 130 Å². The van der Waals surface area contributed by atoms with Gasteiger partial charge in [-0.15, -0.1) is 0 Å². The third-order valence-corrected chi connectivity index (χ3v) is 4.81. The van der Waals surface area contributed by atoms with Crippen LogP contribution in [0.5, 0.6) is 0 Å². The number of aliphatic hydroxyl groups excluding tert-OH is 1. The minimum atomic E-state index is -0.277. The van der Waals surface area contributed by atoms with Gasteiger partial charge in [-0.25, -0.2) is 0 Å². The summed E-state index contributed by atoms with van der Waals surface area (Å²) in [6.07, 6.45) is 3.60. The zero-order valence-corrected chi connectivity index (χ0v) is 13.1. The van der Waals surface area contributed by atoms with Crippen LogP contribution in [-0.4, -0.2) is 63.7 Å². The molecule has 22 heavy (non-hydrogen) atoms. The van der Waals surface area contributed by atoms with Gasteiger partial charge in [0, 0.05) is 26.1 Å². The highest BCUT2D eigenvalue weighted by Crippen LogP contribution is 2.40. The standard InChI is InChI=1S/C15H24N4O3/c1-2-12-16-13(22-17-12)10-18-7-5-15(11-18)4-3-6-19(8-9-20)14(15)21/h20H,2-11H2,1H3/t15-/m0/s1. The molecule has 2 fully saturated rings. The summed E-state index contributed by atoms with van der Waals surface area (Å²) in [5.41, 5.74) is -0.277. The topological polar surface area (TPSA) is 82.7 Å². The van der Waals surface area contributed by atoms with E-state index in [2.05, 4.69) is 15.0 Å². The van der Waals surface area contributed by atoms with E-state index >= 15 is 0 Å². The van der Waals surface area contributed by atoms with Crippen molar-refractivity contribution in [1.82, 2.24) is 19.9 Å². The molecule has 7 heteroatoms. The quantitative estimate of drug-likeness (QED) is 0.850. The van der Waals surface area contributed by atoms with E-state index in [9.17, 15) is 4.79 Å². The van der Waals surface area contributed by atoms with Gasteiger partial charge in [-0.3, -0.25) is 9.69 Å². The van der Waals surface area contributed by atoms with Crippen LogP contribution in [0.15, 0.2) is 4.52 Å². The van der Waals surface area contributed by atoms with Crippen molar-refractivity contribution in [3.8, 4) is 0 Å². The molecule has 0 aliphatic carbocycles. The smallest absolute Gasteiger partial charge is 0.240 e. The van der Waals surface area contributed by atoms with E-state index in [4.69, 9.17) is 9.63 Å². The second-order valence-corrected chi connectivity index (χ2v) is 6.32. The Morgan fingerprint density at radius 2 is 2.23 bits per heavy atom. The van der Waals surface area contributed by atoms with E-state index in [1.165, 1.54) is 0 Å². The van der Waals surface area contributed by atoms with Crippen molar-refractivity contribution in [2.24, 2.45) is 5.41 Å². The van der Waals surface area contributed by atoms with Crippen LogP contribution >= 0.6 is 0 Å². The zero-order valence-electron chi connectivity index (χ0n) is 13.1. The van der Waals surface area contributed by atoms with Gasteiger partial charge in [-0.2, -0.15) is 4.98 Å². The van der Waals surface area contributed by atoms with E-state index < -0.39 is 0 Å². The Kier molecular flexibility index (Phi) is 4.44. The molecule has 122 valence electrons. The van der Waals surface area contributed by atoms with Crippen LogP contribution in [0, 0.1) is 5.41 Å². The SMILES string of the molecule is CCc1noc(CN2CC[C@@]3(CCCN(CCO)C3=O)C2)n1. The predicted octanol–water partition coefficient (Wildman–Crippen LogP) is 0.439. The van der Waals surface area contributed by atoms with Gasteiger partial charge in [0.1, 0.15) is 0 Å². The van der Waals surface area contributed by atoms with Crippen LogP contribution in [-0.2, 0) is 17.8 Å². The minimum absolute atomic E-state index is 0.0350. The summed E-state index contributed by atoms with van der Waals surface area (Å²) in [6.45, 7) is 5.49. The number of nitrogens with zero attached hydrogens (tertiary/aromatic N) is 4. The average molecular weight is 308 g/mol. The van der Waals surface area contributed by atoms with E-state index in [1.54, 1.807) is 0 Å². The molecule has 2 aliphatic rings. The summed E-state index contributed by atoms with van der Waals surface area (Å²) in [5.74, 6) is 1.56. The van der Waals surface area contributed by atoms with Gasteiger partial charge in [0.05, 0.1) is 18.6 Å². The van der Waals surface area contributed by atoms with Crippen molar-refractivity contribution in [3.05, 3.63) is 11.7 Å². The van der Waals surface area contributed by atoms with Crippen molar-refractivity contribution in [1.29, 1.82) is 0 Å². The number of hydrogen-bond acceptors (Lipinski definition) is 6. The lowest BCUT2D eigenvalue weighted by Crippen LogP contribution is -2.50. The molecule has 1 aromatic rings. The van der Waals surface area contributed by atoms with Crippen LogP contribution < -0.4 is 0 Å². The van der Waals surface area contributed by atoms with Gasteiger partial charge < -0.3 is 14.5 Å². The number of amides is 1. The van der Waals surface area contributed by atoms with E-state index in [0.717, 1.165) is 51.1 Å². The molecule has 0 saturated carbocycles. The number of β-amino-alcohol motifs (C(OH)–C–C–N with tert-alkyl or cyclic N) is 1. The number of aromatic nitrogens is 2. The van der Waals surface area contributed by atoms with Crippen molar-refractivity contribution < 1.29 is 14.4 Å². The Morgan fingerprint density at radius 3 is 2.95 bits per heavy atom. The molecule has 3 heterocycles. The molecular formula is C15H24N4O3. The summed E-state index contributed by atoms with van der Waals surface area (Å²) in [5, 5.41) is 13.0. The summed E-state index contributed by atoms with van der Waals surface area (Å²) in [4.78, 5) is 21.1. The Bertz CT molecular complexity index is 531. The van der Waals surface area contributed by atoms with Gasteiger partial charge in [-0.05, 0) is 25.8 Å². The Morgan fingerprint density at radius 1 is 1.36 bits per heavy atom. The highest BCUT2D eigenvalue weighted by molar-refractivity contribution is 5.84. The number of carbonyl (C=O) groups excluding carboxylic acids is 1. The molecule has 1 spiro atoms. The summed E-state index contributed by atoms with van der Waals surface area (Å²) in [6, 6.07) is 0. The largest absolute Gasteiger partial charge is 0.395 e. The van der Waals surface area contributed by atoms with Crippen molar-refractivity contribution in [2.45, 2.75) is 39.2 Å². The molecule has 2 aliphatic heterocycles. The predicted molar refractivity (Wildman–Crippen MR) is 78.9 cm³/mol. The molecule has 0 unspecified atom stereocenters. The van der Waals surface area contributed by atoms with Gasteiger partial charge in [-0.1, -0.05) is 12.1 Å². The second-order valence-electron chi connectivity index (χ2n) is 6.32. The fraction of sp³-hybridized carbons (Fsp3) is 0.800. The zero-order chi connectivity index (χ0) is 15.6. The van der Waals surface area contributed by atoms with Crippen LogP contribution in [0.2, 0.25) is 0 Å².